The maximum absolute atomic E-state index is 12.0. The van der Waals surface area contributed by atoms with Gasteiger partial charge in [0.25, 0.3) is 0 Å². The van der Waals surface area contributed by atoms with Crippen LogP contribution in [0.15, 0.2) is 24.3 Å². The predicted octanol–water partition coefficient (Wildman–Crippen LogP) is 2.06. The molecule has 18 heavy (non-hydrogen) atoms. The summed E-state index contributed by atoms with van der Waals surface area (Å²) in [5.41, 5.74) is 0.364. The predicted molar refractivity (Wildman–Crippen MR) is 62.0 cm³/mol. The second kappa shape index (κ2) is 7.44. The van der Waals surface area contributed by atoms with Crippen molar-refractivity contribution in [1.29, 1.82) is 0 Å². The van der Waals surface area contributed by atoms with Crippen LogP contribution < -0.4 is 15.4 Å². The van der Waals surface area contributed by atoms with Crippen LogP contribution in [0.4, 0.5) is 19.3 Å². The van der Waals surface area contributed by atoms with Crippen molar-refractivity contribution in [3.63, 3.8) is 0 Å². The lowest BCUT2D eigenvalue weighted by Gasteiger charge is -2.09. The zero-order chi connectivity index (χ0) is 13.4. The first-order valence-corrected chi connectivity index (χ1v) is 5.20. The van der Waals surface area contributed by atoms with Gasteiger partial charge in [0.1, 0.15) is 5.75 Å². The first-order valence-electron chi connectivity index (χ1n) is 5.20. The Bertz CT molecular complexity index is 388. The third-order valence-electron chi connectivity index (χ3n) is 1.91. The first kappa shape index (κ1) is 14.2. The molecule has 0 bridgehead atoms. The van der Waals surface area contributed by atoms with Crippen LogP contribution in [-0.4, -0.2) is 32.9 Å². The first-order chi connectivity index (χ1) is 8.61. The van der Waals surface area contributed by atoms with E-state index in [0.29, 0.717) is 18.8 Å². The van der Waals surface area contributed by atoms with Crippen LogP contribution in [0.3, 0.4) is 0 Å². The maximum Gasteiger partial charge on any atom is 0.387 e. The van der Waals surface area contributed by atoms with Crippen LogP contribution in [0.5, 0.6) is 5.75 Å². The molecule has 0 heterocycles. The fourth-order valence-corrected chi connectivity index (χ4v) is 1.19. The van der Waals surface area contributed by atoms with Crippen molar-refractivity contribution in [2.75, 3.05) is 25.6 Å². The summed E-state index contributed by atoms with van der Waals surface area (Å²) in [5.74, 6) is -0.0142. The lowest BCUT2D eigenvalue weighted by molar-refractivity contribution is -0.0497. The van der Waals surface area contributed by atoms with Crippen LogP contribution >= 0.6 is 0 Å². The summed E-state index contributed by atoms with van der Waals surface area (Å²) < 4.78 is 32.9. The topological polar surface area (TPSA) is 59.6 Å². The number of methoxy groups -OCH3 is 1. The van der Waals surface area contributed by atoms with E-state index in [2.05, 4.69) is 15.4 Å². The van der Waals surface area contributed by atoms with Crippen LogP contribution in [0.2, 0.25) is 0 Å². The Morgan fingerprint density at radius 2 is 2.22 bits per heavy atom. The van der Waals surface area contributed by atoms with E-state index in [-0.39, 0.29) is 5.75 Å². The van der Waals surface area contributed by atoms with E-state index in [0.717, 1.165) is 0 Å². The molecule has 2 N–H and O–H groups in total. The minimum atomic E-state index is -2.89. The largest absolute Gasteiger partial charge is 0.435 e. The fourth-order valence-electron chi connectivity index (χ4n) is 1.19. The Hall–Kier alpha value is -1.89. The van der Waals surface area contributed by atoms with Crippen molar-refractivity contribution in [2.24, 2.45) is 0 Å². The minimum Gasteiger partial charge on any atom is -0.435 e. The molecule has 0 aliphatic carbocycles. The van der Waals surface area contributed by atoms with E-state index in [4.69, 9.17) is 4.74 Å². The Balaban J connectivity index is 2.48. The molecule has 1 aromatic rings. The van der Waals surface area contributed by atoms with Crippen molar-refractivity contribution in [3.8, 4) is 5.75 Å². The molecular weight excluding hydrogens is 246 g/mol. The number of amides is 2. The van der Waals surface area contributed by atoms with Gasteiger partial charge in [0.05, 0.1) is 6.61 Å². The Labute approximate surface area is 103 Å². The molecule has 0 unspecified atom stereocenters. The van der Waals surface area contributed by atoms with Gasteiger partial charge >= 0.3 is 12.6 Å². The monoisotopic (exact) mass is 260 g/mol. The molecule has 1 aromatic carbocycles. The quantitative estimate of drug-likeness (QED) is 0.770. The maximum atomic E-state index is 12.0. The van der Waals surface area contributed by atoms with Gasteiger partial charge in [-0.25, -0.2) is 4.79 Å². The number of rotatable bonds is 6. The van der Waals surface area contributed by atoms with Crippen molar-refractivity contribution in [3.05, 3.63) is 24.3 Å². The van der Waals surface area contributed by atoms with Gasteiger partial charge in [-0.1, -0.05) is 6.07 Å². The Kier molecular flexibility index (Phi) is 5.86. The number of carbonyl (C=O) groups excluding carboxylic acids is 1. The van der Waals surface area contributed by atoms with E-state index < -0.39 is 12.6 Å². The molecule has 0 fully saturated rings. The third-order valence-corrected chi connectivity index (χ3v) is 1.91. The Morgan fingerprint density at radius 1 is 1.44 bits per heavy atom. The van der Waals surface area contributed by atoms with Gasteiger partial charge in [-0.05, 0) is 12.1 Å². The van der Waals surface area contributed by atoms with Gasteiger partial charge in [-0.15, -0.1) is 0 Å². The number of urea groups is 1. The van der Waals surface area contributed by atoms with E-state index in [9.17, 15) is 13.6 Å². The highest BCUT2D eigenvalue weighted by molar-refractivity contribution is 5.89. The zero-order valence-corrected chi connectivity index (χ0v) is 9.78. The molecule has 0 saturated heterocycles. The van der Waals surface area contributed by atoms with E-state index in [1.807, 2.05) is 0 Å². The number of nitrogens with one attached hydrogen (secondary N) is 2. The number of carbonyl (C=O) groups is 1. The molecule has 0 radical (unpaired) electrons. The van der Waals surface area contributed by atoms with Gasteiger partial charge < -0.3 is 20.1 Å². The summed E-state index contributed by atoms with van der Waals surface area (Å²) in [4.78, 5) is 11.4. The van der Waals surface area contributed by atoms with Crippen molar-refractivity contribution in [1.82, 2.24) is 5.32 Å². The van der Waals surface area contributed by atoms with Gasteiger partial charge in [-0.2, -0.15) is 8.78 Å². The van der Waals surface area contributed by atoms with E-state index in [1.54, 1.807) is 6.07 Å². The minimum absolute atomic E-state index is 0.0142. The average molecular weight is 260 g/mol. The summed E-state index contributed by atoms with van der Waals surface area (Å²) in [5, 5.41) is 5.01. The highest BCUT2D eigenvalue weighted by atomic mass is 19.3. The summed E-state index contributed by atoms with van der Waals surface area (Å²) >= 11 is 0. The van der Waals surface area contributed by atoms with Crippen LogP contribution in [0.1, 0.15) is 0 Å². The molecule has 100 valence electrons. The molecular formula is C11H14F2N2O3. The Morgan fingerprint density at radius 3 is 2.89 bits per heavy atom. The number of hydrogen-bond donors (Lipinski definition) is 2. The highest BCUT2D eigenvalue weighted by Crippen LogP contribution is 2.18. The number of anilines is 1. The van der Waals surface area contributed by atoms with Crippen molar-refractivity contribution >= 4 is 11.7 Å². The summed E-state index contributed by atoms with van der Waals surface area (Å²) in [6.07, 6.45) is 0. The molecule has 0 saturated carbocycles. The lowest BCUT2D eigenvalue weighted by Crippen LogP contribution is -2.31. The molecule has 0 atom stereocenters. The summed E-state index contributed by atoms with van der Waals surface area (Å²) in [7, 11) is 1.52. The van der Waals surface area contributed by atoms with E-state index in [1.165, 1.54) is 25.3 Å². The lowest BCUT2D eigenvalue weighted by atomic mass is 10.3. The van der Waals surface area contributed by atoms with Crippen LogP contribution in [-0.2, 0) is 4.74 Å². The van der Waals surface area contributed by atoms with Gasteiger partial charge in [0, 0.05) is 25.4 Å². The standard InChI is InChI=1S/C11H14F2N2O3/c1-17-6-5-14-11(16)15-8-3-2-4-9(7-8)18-10(12)13/h2-4,7,10H,5-6H2,1H3,(H2,14,15,16). The smallest absolute Gasteiger partial charge is 0.387 e. The van der Waals surface area contributed by atoms with E-state index >= 15 is 0 Å². The van der Waals surface area contributed by atoms with Gasteiger partial charge in [0.15, 0.2) is 0 Å². The second-order valence-corrected chi connectivity index (χ2v) is 3.28. The highest BCUT2D eigenvalue weighted by Gasteiger charge is 2.06. The zero-order valence-electron chi connectivity index (χ0n) is 9.78. The molecule has 1 rings (SSSR count). The number of hydrogen-bond acceptors (Lipinski definition) is 3. The summed E-state index contributed by atoms with van der Waals surface area (Å²) in [6, 6.07) is 5.31. The molecule has 0 aliphatic rings. The molecule has 7 heteroatoms. The molecule has 0 aromatic heterocycles. The fraction of sp³-hybridized carbons (Fsp3) is 0.364. The molecule has 0 aliphatic heterocycles. The number of ether oxygens (including phenoxy) is 2. The summed E-state index contributed by atoms with van der Waals surface area (Å²) in [6.45, 7) is -2.15. The van der Waals surface area contributed by atoms with Crippen molar-refractivity contribution in [2.45, 2.75) is 6.61 Å². The third kappa shape index (κ3) is 5.44. The van der Waals surface area contributed by atoms with Crippen molar-refractivity contribution < 1.29 is 23.0 Å². The van der Waals surface area contributed by atoms with Gasteiger partial charge in [-0.3, -0.25) is 0 Å². The molecule has 5 nitrogen and oxygen atoms in total. The van der Waals surface area contributed by atoms with Crippen LogP contribution in [0.25, 0.3) is 0 Å². The number of benzene rings is 1. The second-order valence-electron chi connectivity index (χ2n) is 3.28. The SMILES string of the molecule is COCCNC(=O)Nc1cccc(OC(F)F)c1. The average Bonchev–Trinajstić information content (AvgIpc) is 2.28. The van der Waals surface area contributed by atoms with Crippen LogP contribution in [0, 0.1) is 0 Å². The molecule has 2 amide bonds. The normalized spacial score (nSPS) is 10.2. The number of halogens is 2. The molecule has 0 spiro atoms. The van der Waals surface area contributed by atoms with Gasteiger partial charge in [0.2, 0.25) is 0 Å². The number of alkyl halides is 2.